The van der Waals surface area contributed by atoms with Gasteiger partial charge in [0.05, 0.1) is 14.2 Å². The predicted octanol–water partition coefficient (Wildman–Crippen LogP) is 4.36. The summed E-state index contributed by atoms with van der Waals surface area (Å²) in [5.41, 5.74) is 3.22. The van der Waals surface area contributed by atoms with Crippen LogP contribution in [0.3, 0.4) is 0 Å². The van der Waals surface area contributed by atoms with Crippen molar-refractivity contribution in [2.24, 2.45) is 0 Å². The minimum atomic E-state index is 0.411. The maximum absolute atomic E-state index is 5.83. The molecule has 0 saturated carbocycles. The van der Waals surface area contributed by atoms with Gasteiger partial charge in [0.15, 0.2) is 11.5 Å². The molecule has 0 aliphatic rings. The SMILES string of the molecule is C=C(COc1cccc(CCc2ccc(OC)c(OC)c2)c1)NCOCCC. The normalized spacial score (nSPS) is 10.4. The van der Waals surface area contributed by atoms with Gasteiger partial charge in [0.2, 0.25) is 0 Å². The Morgan fingerprint density at radius 3 is 2.43 bits per heavy atom. The van der Waals surface area contributed by atoms with Crippen LogP contribution in [-0.4, -0.2) is 34.2 Å². The molecule has 0 saturated heterocycles. The van der Waals surface area contributed by atoms with Gasteiger partial charge in [-0.1, -0.05) is 31.7 Å². The number of benzene rings is 2. The summed E-state index contributed by atoms with van der Waals surface area (Å²) in [5, 5.41) is 3.11. The quantitative estimate of drug-likeness (QED) is 0.410. The largest absolute Gasteiger partial charge is 0.493 e. The van der Waals surface area contributed by atoms with Crippen LogP contribution in [0.2, 0.25) is 0 Å². The van der Waals surface area contributed by atoms with Gasteiger partial charge in [-0.25, -0.2) is 0 Å². The molecule has 0 aliphatic carbocycles. The molecule has 5 heteroatoms. The summed E-state index contributed by atoms with van der Waals surface area (Å²) in [6.07, 6.45) is 2.82. The van der Waals surface area contributed by atoms with Gasteiger partial charge in [-0.2, -0.15) is 0 Å². The molecular weight excluding hydrogens is 354 g/mol. The first-order chi connectivity index (χ1) is 13.7. The predicted molar refractivity (Wildman–Crippen MR) is 112 cm³/mol. The Labute approximate surface area is 168 Å². The van der Waals surface area contributed by atoms with Crippen LogP contribution >= 0.6 is 0 Å². The van der Waals surface area contributed by atoms with Crippen molar-refractivity contribution in [3.63, 3.8) is 0 Å². The van der Waals surface area contributed by atoms with E-state index in [1.165, 1.54) is 11.1 Å². The van der Waals surface area contributed by atoms with Gasteiger partial charge in [-0.3, -0.25) is 0 Å². The van der Waals surface area contributed by atoms with Crippen LogP contribution in [-0.2, 0) is 17.6 Å². The van der Waals surface area contributed by atoms with E-state index in [1.54, 1.807) is 14.2 Å². The Hall–Kier alpha value is -2.66. The molecule has 28 heavy (non-hydrogen) atoms. The molecule has 0 heterocycles. The van der Waals surface area contributed by atoms with Crippen molar-refractivity contribution >= 4 is 0 Å². The van der Waals surface area contributed by atoms with Gasteiger partial charge in [-0.15, -0.1) is 0 Å². The fraction of sp³-hybridized carbons (Fsp3) is 0.391. The summed E-state index contributed by atoms with van der Waals surface area (Å²) >= 11 is 0. The highest BCUT2D eigenvalue weighted by Crippen LogP contribution is 2.28. The van der Waals surface area contributed by atoms with Crippen LogP contribution in [0, 0.1) is 0 Å². The van der Waals surface area contributed by atoms with E-state index in [1.807, 2.05) is 24.3 Å². The third-order valence-corrected chi connectivity index (χ3v) is 4.23. The van der Waals surface area contributed by atoms with Crippen molar-refractivity contribution in [2.75, 3.05) is 34.2 Å². The molecule has 152 valence electrons. The molecule has 5 nitrogen and oxygen atoms in total. The molecule has 2 aromatic carbocycles. The van der Waals surface area contributed by atoms with E-state index >= 15 is 0 Å². The van der Waals surface area contributed by atoms with Crippen LogP contribution in [0.1, 0.15) is 24.5 Å². The smallest absolute Gasteiger partial charge is 0.160 e. The summed E-state index contributed by atoms with van der Waals surface area (Å²) in [7, 11) is 3.30. The van der Waals surface area contributed by atoms with E-state index in [4.69, 9.17) is 18.9 Å². The van der Waals surface area contributed by atoms with Gasteiger partial charge in [0.25, 0.3) is 0 Å². The van der Waals surface area contributed by atoms with E-state index in [9.17, 15) is 0 Å². The molecule has 0 amide bonds. The second-order valence-electron chi connectivity index (χ2n) is 6.46. The van der Waals surface area contributed by atoms with Crippen molar-refractivity contribution in [3.05, 3.63) is 65.9 Å². The number of rotatable bonds is 13. The first-order valence-corrected chi connectivity index (χ1v) is 9.58. The lowest BCUT2D eigenvalue weighted by Crippen LogP contribution is -2.21. The second-order valence-corrected chi connectivity index (χ2v) is 6.46. The number of nitrogens with one attached hydrogen (secondary N) is 1. The first-order valence-electron chi connectivity index (χ1n) is 9.58. The Morgan fingerprint density at radius 1 is 0.964 bits per heavy atom. The van der Waals surface area contributed by atoms with Crippen LogP contribution in [0.25, 0.3) is 0 Å². The summed E-state index contributed by atoms with van der Waals surface area (Å²) in [6, 6.07) is 14.2. The number of ether oxygens (including phenoxy) is 4. The highest BCUT2D eigenvalue weighted by molar-refractivity contribution is 5.43. The molecule has 0 aromatic heterocycles. The number of methoxy groups -OCH3 is 2. The van der Waals surface area contributed by atoms with E-state index in [-0.39, 0.29) is 0 Å². The first kappa shape index (κ1) is 21.6. The minimum Gasteiger partial charge on any atom is -0.493 e. The summed E-state index contributed by atoms with van der Waals surface area (Å²) in [4.78, 5) is 0. The van der Waals surface area contributed by atoms with Gasteiger partial charge < -0.3 is 24.3 Å². The highest BCUT2D eigenvalue weighted by Gasteiger charge is 2.05. The third-order valence-electron chi connectivity index (χ3n) is 4.23. The molecule has 0 atom stereocenters. The van der Waals surface area contributed by atoms with Crippen molar-refractivity contribution < 1.29 is 18.9 Å². The summed E-state index contributed by atoms with van der Waals surface area (Å²) in [6.45, 7) is 7.65. The fourth-order valence-electron chi connectivity index (χ4n) is 2.71. The van der Waals surface area contributed by atoms with E-state index in [0.717, 1.165) is 48.8 Å². The molecule has 0 aliphatic heterocycles. The van der Waals surface area contributed by atoms with Crippen LogP contribution in [0.4, 0.5) is 0 Å². The molecule has 0 fully saturated rings. The molecule has 2 aromatic rings. The maximum atomic E-state index is 5.83. The number of hydrogen-bond acceptors (Lipinski definition) is 5. The molecule has 0 unspecified atom stereocenters. The molecule has 0 spiro atoms. The summed E-state index contributed by atoms with van der Waals surface area (Å²) in [5.74, 6) is 2.34. The lowest BCUT2D eigenvalue weighted by Gasteiger charge is -2.12. The van der Waals surface area contributed by atoms with Crippen molar-refractivity contribution in [3.8, 4) is 17.2 Å². The monoisotopic (exact) mass is 385 g/mol. The molecule has 2 rings (SSSR count). The van der Waals surface area contributed by atoms with Crippen molar-refractivity contribution in [1.82, 2.24) is 5.32 Å². The minimum absolute atomic E-state index is 0.411. The van der Waals surface area contributed by atoms with Crippen molar-refractivity contribution in [2.45, 2.75) is 26.2 Å². The van der Waals surface area contributed by atoms with Gasteiger partial charge in [0, 0.05) is 12.3 Å². The molecular formula is C23H31NO4. The topological polar surface area (TPSA) is 49.0 Å². The van der Waals surface area contributed by atoms with Gasteiger partial charge in [0.1, 0.15) is 19.1 Å². The maximum Gasteiger partial charge on any atom is 0.160 e. The van der Waals surface area contributed by atoms with Crippen LogP contribution in [0.5, 0.6) is 17.2 Å². The Kier molecular flexibility index (Phi) is 9.22. The molecule has 1 N–H and O–H groups in total. The zero-order valence-electron chi connectivity index (χ0n) is 17.1. The van der Waals surface area contributed by atoms with Gasteiger partial charge >= 0.3 is 0 Å². The lowest BCUT2D eigenvalue weighted by atomic mass is 10.0. The lowest BCUT2D eigenvalue weighted by molar-refractivity contribution is 0.121. The van der Waals surface area contributed by atoms with Crippen LogP contribution in [0.15, 0.2) is 54.7 Å². The molecule has 0 bridgehead atoms. The zero-order chi connectivity index (χ0) is 20.2. The van der Waals surface area contributed by atoms with E-state index in [0.29, 0.717) is 13.3 Å². The Balaban J connectivity index is 1.83. The third kappa shape index (κ3) is 7.16. The standard InChI is InChI=1S/C23H31NO4/c1-5-13-27-17-24-18(2)16-28-21-8-6-7-19(14-21)9-10-20-11-12-22(25-3)23(15-20)26-4/h6-8,11-12,14-15,24H,2,5,9-10,13,16-17H2,1,3-4H3. The van der Waals surface area contributed by atoms with E-state index < -0.39 is 0 Å². The van der Waals surface area contributed by atoms with Crippen molar-refractivity contribution in [1.29, 1.82) is 0 Å². The Bertz CT molecular complexity index is 745. The average molecular weight is 386 g/mol. The fourth-order valence-corrected chi connectivity index (χ4v) is 2.71. The number of aryl methyl sites for hydroxylation is 2. The zero-order valence-corrected chi connectivity index (χ0v) is 17.1. The summed E-state index contributed by atoms with van der Waals surface area (Å²) < 4.78 is 21.9. The Morgan fingerprint density at radius 2 is 1.71 bits per heavy atom. The van der Waals surface area contributed by atoms with E-state index in [2.05, 4.69) is 37.0 Å². The van der Waals surface area contributed by atoms with Gasteiger partial charge in [-0.05, 0) is 54.7 Å². The van der Waals surface area contributed by atoms with Crippen LogP contribution < -0.4 is 19.5 Å². The average Bonchev–Trinajstić information content (AvgIpc) is 2.74. The second kappa shape index (κ2) is 11.9. The highest BCUT2D eigenvalue weighted by atomic mass is 16.5. The molecule has 0 radical (unpaired) electrons. The number of hydrogen-bond donors (Lipinski definition) is 1.